The monoisotopic (exact) mass is 315 g/mol. The molecule has 1 heterocycles. The maximum Gasteiger partial charge on any atom is 0.271 e. The summed E-state index contributed by atoms with van der Waals surface area (Å²) in [4.78, 5) is 16.3. The number of hydrogen-bond acceptors (Lipinski definition) is 3. The number of nitrogens with one attached hydrogen (secondary N) is 1. The van der Waals surface area contributed by atoms with Gasteiger partial charge in [-0.2, -0.15) is 0 Å². The minimum atomic E-state index is -0.691. The van der Waals surface area contributed by atoms with Crippen LogP contribution in [-0.2, 0) is 0 Å². The van der Waals surface area contributed by atoms with Crippen LogP contribution in [0.2, 0.25) is 0 Å². The molecule has 1 amide bonds. The molecule has 0 radical (unpaired) electrons. The molecule has 17 heavy (non-hydrogen) atoms. The summed E-state index contributed by atoms with van der Waals surface area (Å²) in [6.07, 6.45) is 2.18. The third-order valence-corrected chi connectivity index (χ3v) is 3.70. The molecule has 0 aliphatic carbocycles. The zero-order chi connectivity index (χ0) is 13.1. The van der Waals surface area contributed by atoms with Crippen LogP contribution in [-0.4, -0.2) is 21.4 Å². The zero-order valence-corrected chi connectivity index (χ0v) is 12.1. The number of rotatable bonds is 4. The summed E-state index contributed by atoms with van der Waals surface area (Å²) in [5.74, 6) is -0.297. The van der Waals surface area contributed by atoms with Crippen molar-refractivity contribution in [3.05, 3.63) is 28.5 Å². The molecular formula is C11H14BrN3OS. The first-order chi connectivity index (χ1) is 7.90. The first-order valence-corrected chi connectivity index (χ1v) is 6.33. The van der Waals surface area contributed by atoms with Gasteiger partial charge in [-0.3, -0.25) is 4.79 Å². The molecule has 1 unspecified atom stereocenters. The van der Waals surface area contributed by atoms with Gasteiger partial charge in [0.15, 0.2) is 0 Å². The van der Waals surface area contributed by atoms with Gasteiger partial charge < -0.3 is 11.1 Å². The highest BCUT2D eigenvalue weighted by atomic mass is 79.9. The Morgan fingerprint density at radius 2 is 2.35 bits per heavy atom. The van der Waals surface area contributed by atoms with E-state index < -0.39 is 5.54 Å². The van der Waals surface area contributed by atoms with Crippen molar-refractivity contribution >= 4 is 39.0 Å². The zero-order valence-electron chi connectivity index (χ0n) is 9.66. The molecule has 0 aromatic carbocycles. The summed E-state index contributed by atoms with van der Waals surface area (Å²) in [6.45, 7) is 3.71. The molecule has 1 aromatic rings. The standard InChI is InChI=1S/C11H14BrN3OS/c1-3-11(2,10(13)17)15-9(16)8-7(12)5-4-6-14-8/h4-6H,3H2,1-2H3,(H2,13,17)(H,15,16). The summed E-state index contributed by atoms with van der Waals surface area (Å²) < 4.78 is 0.638. The molecule has 0 aliphatic rings. The highest BCUT2D eigenvalue weighted by Crippen LogP contribution is 2.16. The van der Waals surface area contributed by atoms with Gasteiger partial charge in [-0.15, -0.1) is 0 Å². The molecule has 6 heteroatoms. The van der Waals surface area contributed by atoms with E-state index in [4.69, 9.17) is 18.0 Å². The van der Waals surface area contributed by atoms with Crippen LogP contribution in [0.5, 0.6) is 0 Å². The lowest BCUT2D eigenvalue weighted by atomic mass is 9.99. The fourth-order valence-electron chi connectivity index (χ4n) is 1.19. The first-order valence-electron chi connectivity index (χ1n) is 5.13. The highest BCUT2D eigenvalue weighted by molar-refractivity contribution is 9.10. The summed E-state index contributed by atoms with van der Waals surface area (Å²) in [5, 5.41) is 2.80. The molecule has 1 aromatic heterocycles. The Balaban J connectivity index is 2.93. The largest absolute Gasteiger partial charge is 0.391 e. The van der Waals surface area contributed by atoms with Gasteiger partial charge in [0, 0.05) is 10.7 Å². The van der Waals surface area contributed by atoms with E-state index >= 15 is 0 Å². The molecule has 4 nitrogen and oxygen atoms in total. The van der Waals surface area contributed by atoms with Crippen molar-refractivity contribution in [3.8, 4) is 0 Å². The Hall–Kier alpha value is -1.01. The number of halogens is 1. The Morgan fingerprint density at radius 1 is 1.71 bits per heavy atom. The molecular weight excluding hydrogens is 302 g/mol. The average molecular weight is 316 g/mol. The smallest absolute Gasteiger partial charge is 0.271 e. The van der Waals surface area contributed by atoms with E-state index in [1.165, 1.54) is 0 Å². The van der Waals surface area contributed by atoms with E-state index in [1.54, 1.807) is 25.3 Å². The topological polar surface area (TPSA) is 68.0 Å². The number of nitrogens with zero attached hydrogens (tertiary/aromatic N) is 1. The molecule has 0 saturated heterocycles. The van der Waals surface area contributed by atoms with E-state index in [-0.39, 0.29) is 10.9 Å². The van der Waals surface area contributed by atoms with Crippen LogP contribution in [0.1, 0.15) is 30.8 Å². The van der Waals surface area contributed by atoms with Gasteiger partial charge >= 0.3 is 0 Å². The molecule has 0 saturated carbocycles. The Labute approximate surface area is 114 Å². The van der Waals surface area contributed by atoms with E-state index in [1.807, 2.05) is 6.92 Å². The maximum atomic E-state index is 12.0. The van der Waals surface area contributed by atoms with E-state index in [9.17, 15) is 4.79 Å². The number of hydrogen-bond donors (Lipinski definition) is 2. The Morgan fingerprint density at radius 3 is 2.82 bits per heavy atom. The van der Waals surface area contributed by atoms with Gasteiger partial charge in [0.1, 0.15) is 5.69 Å². The van der Waals surface area contributed by atoms with Crippen molar-refractivity contribution in [2.75, 3.05) is 0 Å². The maximum absolute atomic E-state index is 12.0. The molecule has 0 spiro atoms. The third kappa shape index (κ3) is 3.23. The van der Waals surface area contributed by atoms with Gasteiger partial charge in [-0.1, -0.05) is 19.1 Å². The minimum absolute atomic E-state index is 0.264. The number of nitrogens with two attached hydrogens (primary N) is 1. The number of thiocarbonyl (C=S) groups is 1. The lowest BCUT2D eigenvalue weighted by molar-refractivity contribution is 0.0920. The third-order valence-electron chi connectivity index (χ3n) is 2.61. The van der Waals surface area contributed by atoms with Crippen molar-refractivity contribution in [1.29, 1.82) is 0 Å². The molecule has 0 bridgehead atoms. The number of pyridine rings is 1. The quantitative estimate of drug-likeness (QED) is 0.834. The molecule has 92 valence electrons. The fraction of sp³-hybridized carbons (Fsp3) is 0.364. The van der Waals surface area contributed by atoms with Crippen LogP contribution >= 0.6 is 28.1 Å². The van der Waals surface area contributed by atoms with Crippen LogP contribution in [0, 0.1) is 0 Å². The molecule has 1 rings (SSSR count). The Kier molecular flexibility index (Phi) is 4.59. The highest BCUT2D eigenvalue weighted by Gasteiger charge is 2.28. The molecule has 0 aliphatic heterocycles. The molecule has 3 N–H and O–H groups in total. The summed E-state index contributed by atoms with van der Waals surface area (Å²) in [7, 11) is 0. The van der Waals surface area contributed by atoms with Crippen LogP contribution in [0.4, 0.5) is 0 Å². The first kappa shape index (κ1) is 14.1. The van der Waals surface area contributed by atoms with Crippen LogP contribution in [0.3, 0.4) is 0 Å². The molecule has 0 fully saturated rings. The second-order valence-electron chi connectivity index (χ2n) is 3.84. The normalized spacial score (nSPS) is 13.8. The fourth-order valence-corrected chi connectivity index (χ4v) is 1.82. The van der Waals surface area contributed by atoms with E-state index in [2.05, 4.69) is 26.2 Å². The van der Waals surface area contributed by atoms with Crippen molar-refractivity contribution < 1.29 is 4.79 Å². The summed E-state index contributed by atoms with van der Waals surface area (Å²) in [5.41, 5.74) is 5.26. The van der Waals surface area contributed by atoms with Crippen molar-refractivity contribution in [1.82, 2.24) is 10.3 Å². The van der Waals surface area contributed by atoms with Crippen LogP contribution in [0.15, 0.2) is 22.8 Å². The van der Waals surface area contributed by atoms with Crippen LogP contribution in [0.25, 0.3) is 0 Å². The van der Waals surface area contributed by atoms with Crippen molar-refractivity contribution in [2.24, 2.45) is 5.73 Å². The predicted octanol–water partition coefficient (Wildman–Crippen LogP) is 2.03. The number of carbonyl (C=O) groups excluding carboxylic acids is 1. The number of carbonyl (C=O) groups is 1. The second kappa shape index (κ2) is 5.55. The minimum Gasteiger partial charge on any atom is -0.391 e. The van der Waals surface area contributed by atoms with Crippen molar-refractivity contribution in [3.63, 3.8) is 0 Å². The summed E-state index contributed by atoms with van der Waals surface area (Å²) >= 11 is 8.24. The number of amides is 1. The van der Waals surface area contributed by atoms with E-state index in [0.29, 0.717) is 16.6 Å². The predicted molar refractivity (Wildman–Crippen MR) is 74.9 cm³/mol. The lowest BCUT2D eigenvalue weighted by Crippen LogP contribution is -2.54. The summed E-state index contributed by atoms with van der Waals surface area (Å²) in [6, 6.07) is 3.50. The van der Waals surface area contributed by atoms with Crippen molar-refractivity contribution in [2.45, 2.75) is 25.8 Å². The second-order valence-corrected chi connectivity index (χ2v) is 5.13. The number of aromatic nitrogens is 1. The molecule has 1 atom stereocenters. The van der Waals surface area contributed by atoms with E-state index in [0.717, 1.165) is 0 Å². The van der Waals surface area contributed by atoms with Gasteiger partial charge in [-0.05, 0) is 41.4 Å². The van der Waals surface area contributed by atoms with Gasteiger partial charge in [0.25, 0.3) is 5.91 Å². The van der Waals surface area contributed by atoms with Gasteiger partial charge in [0.2, 0.25) is 0 Å². The van der Waals surface area contributed by atoms with Gasteiger partial charge in [0.05, 0.1) is 10.5 Å². The van der Waals surface area contributed by atoms with Crippen LogP contribution < -0.4 is 11.1 Å². The SMILES string of the molecule is CCC(C)(NC(=O)c1ncccc1Br)C(N)=S. The average Bonchev–Trinajstić information content (AvgIpc) is 2.29. The lowest BCUT2D eigenvalue weighted by Gasteiger charge is -2.28. The Bertz CT molecular complexity index is 452. The van der Waals surface area contributed by atoms with Gasteiger partial charge in [-0.25, -0.2) is 4.98 Å².